The predicted molar refractivity (Wildman–Crippen MR) is 76.9 cm³/mol. The molecule has 0 saturated heterocycles. The van der Waals surface area contributed by atoms with Crippen LogP contribution < -0.4 is 0 Å². The van der Waals surface area contributed by atoms with Crippen molar-refractivity contribution in [3.8, 4) is 0 Å². The third kappa shape index (κ3) is 2.62. The largest absolute Gasteiger partial charge is 0.384 e. The van der Waals surface area contributed by atoms with Gasteiger partial charge in [-0.25, -0.2) is 8.78 Å². The van der Waals surface area contributed by atoms with Gasteiger partial charge >= 0.3 is 0 Å². The number of aliphatic hydroxyl groups excluding tert-OH is 1. The van der Waals surface area contributed by atoms with Crippen molar-refractivity contribution in [3.63, 3.8) is 0 Å². The molecule has 1 heterocycles. The van der Waals surface area contributed by atoms with E-state index in [0.29, 0.717) is 5.56 Å². The second kappa shape index (κ2) is 5.22. The Morgan fingerprint density at radius 2 is 1.81 bits per heavy atom. The summed E-state index contributed by atoms with van der Waals surface area (Å²) in [6.07, 6.45) is -1.22. The quantitative estimate of drug-likeness (QED) is 0.774. The Balaban J connectivity index is 2.07. The molecule has 3 rings (SSSR count). The number of aromatic nitrogens is 1. The summed E-state index contributed by atoms with van der Waals surface area (Å²) in [5.41, 5.74) is 2.12. The lowest BCUT2D eigenvalue weighted by atomic mass is 9.99. The molecule has 0 bridgehead atoms. The number of halogens is 2. The summed E-state index contributed by atoms with van der Waals surface area (Å²) in [5.74, 6) is -1.21. The maximum atomic E-state index is 13.7. The Labute approximate surface area is 120 Å². The molecule has 0 fully saturated rings. The van der Waals surface area contributed by atoms with E-state index in [1.165, 1.54) is 0 Å². The molecule has 3 aromatic rings. The normalized spacial score (nSPS) is 12.6. The molecule has 1 unspecified atom stereocenters. The Morgan fingerprint density at radius 1 is 1.00 bits per heavy atom. The van der Waals surface area contributed by atoms with Crippen LogP contribution in [0.5, 0.6) is 0 Å². The van der Waals surface area contributed by atoms with Gasteiger partial charge in [-0.1, -0.05) is 12.1 Å². The van der Waals surface area contributed by atoms with Crippen LogP contribution in [0.3, 0.4) is 0 Å². The average molecular weight is 285 g/mol. The molecule has 0 radical (unpaired) electrons. The highest BCUT2D eigenvalue weighted by molar-refractivity contribution is 5.79. The lowest BCUT2D eigenvalue weighted by Gasteiger charge is -2.13. The van der Waals surface area contributed by atoms with E-state index < -0.39 is 17.7 Å². The number of aliphatic hydroxyl groups is 1. The van der Waals surface area contributed by atoms with Gasteiger partial charge in [-0.15, -0.1) is 0 Å². The first kappa shape index (κ1) is 13.6. The first-order chi connectivity index (χ1) is 10.0. The van der Waals surface area contributed by atoms with Gasteiger partial charge < -0.3 is 5.11 Å². The van der Waals surface area contributed by atoms with Crippen LogP contribution in [0.4, 0.5) is 8.78 Å². The molecule has 0 spiro atoms. The molecule has 1 N–H and O–H groups in total. The van der Waals surface area contributed by atoms with Crippen molar-refractivity contribution in [1.82, 2.24) is 4.98 Å². The average Bonchev–Trinajstić information content (AvgIpc) is 2.48. The van der Waals surface area contributed by atoms with Crippen LogP contribution in [0.15, 0.2) is 48.5 Å². The lowest BCUT2D eigenvalue weighted by molar-refractivity contribution is 0.214. The molecular weight excluding hydrogens is 272 g/mol. The van der Waals surface area contributed by atoms with Crippen LogP contribution in [-0.2, 0) is 0 Å². The molecular formula is C17H13F2NO. The third-order valence-electron chi connectivity index (χ3n) is 3.42. The van der Waals surface area contributed by atoms with Gasteiger partial charge in [-0.3, -0.25) is 4.98 Å². The van der Waals surface area contributed by atoms with Gasteiger partial charge in [0.1, 0.15) is 17.7 Å². The van der Waals surface area contributed by atoms with Crippen molar-refractivity contribution in [2.75, 3.05) is 0 Å². The summed E-state index contributed by atoms with van der Waals surface area (Å²) >= 11 is 0. The zero-order valence-corrected chi connectivity index (χ0v) is 11.3. The topological polar surface area (TPSA) is 33.1 Å². The third-order valence-corrected chi connectivity index (χ3v) is 3.42. The van der Waals surface area contributed by atoms with Crippen molar-refractivity contribution in [2.45, 2.75) is 13.0 Å². The second-order valence-corrected chi connectivity index (χ2v) is 4.97. The summed E-state index contributed by atoms with van der Waals surface area (Å²) < 4.78 is 27.0. The maximum Gasteiger partial charge on any atom is 0.129 e. The molecule has 106 valence electrons. The van der Waals surface area contributed by atoms with Crippen molar-refractivity contribution in [3.05, 3.63) is 77.0 Å². The number of fused-ring (bicyclic) bond motifs is 1. The van der Waals surface area contributed by atoms with Crippen molar-refractivity contribution < 1.29 is 13.9 Å². The Kier molecular flexibility index (Phi) is 3.39. The highest BCUT2D eigenvalue weighted by Crippen LogP contribution is 2.27. The van der Waals surface area contributed by atoms with Gasteiger partial charge in [-0.2, -0.15) is 0 Å². The van der Waals surface area contributed by atoms with E-state index in [2.05, 4.69) is 4.98 Å². The summed E-state index contributed by atoms with van der Waals surface area (Å²) in [6.45, 7) is 1.89. The standard InChI is InChI=1S/C17H13F2NO/c1-10-2-3-11-8-12(4-7-16(11)20-10)17(21)14-9-13(18)5-6-15(14)19/h2-9,17,21H,1H3. The summed E-state index contributed by atoms with van der Waals surface area (Å²) in [6, 6.07) is 12.0. The molecule has 0 saturated carbocycles. The van der Waals surface area contributed by atoms with E-state index in [1.807, 2.05) is 19.1 Å². The van der Waals surface area contributed by atoms with E-state index >= 15 is 0 Å². The number of benzene rings is 2. The van der Waals surface area contributed by atoms with Crippen LogP contribution in [0.25, 0.3) is 10.9 Å². The van der Waals surface area contributed by atoms with Gasteiger partial charge in [-0.05, 0) is 48.9 Å². The first-order valence-corrected chi connectivity index (χ1v) is 6.55. The maximum absolute atomic E-state index is 13.7. The fourth-order valence-electron chi connectivity index (χ4n) is 2.32. The molecule has 1 aromatic heterocycles. The Hall–Kier alpha value is -2.33. The zero-order valence-electron chi connectivity index (χ0n) is 11.3. The molecule has 4 heteroatoms. The van der Waals surface area contributed by atoms with E-state index in [-0.39, 0.29) is 5.56 Å². The van der Waals surface area contributed by atoms with Gasteiger partial charge in [0.25, 0.3) is 0 Å². The van der Waals surface area contributed by atoms with Crippen LogP contribution in [0.1, 0.15) is 22.9 Å². The molecule has 2 nitrogen and oxygen atoms in total. The van der Waals surface area contributed by atoms with Crippen LogP contribution in [0.2, 0.25) is 0 Å². The SMILES string of the molecule is Cc1ccc2cc(C(O)c3cc(F)ccc3F)ccc2n1. The Morgan fingerprint density at radius 3 is 2.62 bits per heavy atom. The number of rotatable bonds is 2. The van der Waals surface area contributed by atoms with Crippen LogP contribution >= 0.6 is 0 Å². The number of pyridine rings is 1. The molecule has 1 atom stereocenters. The highest BCUT2D eigenvalue weighted by Gasteiger charge is 2.16. The molecule has 0 amide bonds. The van der Waals surface area contributed by atoms with E-state index in [1.54, 1.807) is 18.2 Å². The fourth-order valence-corrected chi connectivity index (χ4v) is 2.32. The molecule has 0 aliphatic heterocycles. The van der Waals surface area contributed by atoms with E-state index in [0.717, 1.165) is 34.8 Å². The van der Waals surface area contributed by atoms with Gasteiger partial charge in [0.05, 0.1) is 5.52 Å². The molecule has 0 aliphatic carbocycles. The smallest absolute Gasteiger partial charge is 0.129 e. The van der Waals surface area contributed by atoms with Gasteiger partial charge in [0.15, 0.2) is 0 Å². The summed E-state index contributed by atoms with van der Waals surface area (Å²) in [7, 11) is 0. The van der Waals surface area contributed by atoms with Crippen LogP contribution in [0, 0.1) is 18.6 Å². The Bertz CT molecular complexity index is 817. The minimum Gasteiger partial charge on any atom is -0.384 e. The summed E-state index contributed by atoms with van der Waals surface area (Å²) in [4.78, 5) is 4.36. The lowest BCUT2D eigenvalue weighted by Crippen LogP contribution is -2.03. The fraction of sp³-hybridized carbons (Fsp3) is 0.118. The van der Waals surface area contributed by atoms with E-state index in [4.69, 9.17) is 0 Å². The minimum atomic E-state index is -1.22. The number of nitrogens with zero attached hydrogens (tertiary/aromatic N) is 1. The summed E-state index contributed by atoms with van der Waals surface area (Å²) in [5, 5.41) is 11.1. The van der Waals surface area contributed by atoms with E-state index in [9.17, 15) is 13.9 Å². The van der Waals surface area contributed by atoms with Crippen molar-refractivity contribution in [1.29, 1.82) is 0 Å². The molecule has 21 heavy (non-hydrogen) atoms. The number of aryl methyl sites for hydroxylation is 1. The van der Waals surface area contributed by atoms with Crippen molar-refractivity contribution in [2.24, 2.45) is 0 Å². The van der Waals surface area contributed by atoms with Gasteiger partial charge in [0, 0.05) is 16.6 Å². The highest BCUT2D eigenvalue weighted by atomic mass is 19.1. The number of hydrogen-bond donors (Lipinski definition) is 1. The number of hydrogen-bond acceptors (Lipinski definition) is 2. The predicted octanol–water partition coefficient (Wildman–Crippen LogP) is 3.90. The second-order valence-electron chi connectivity index (χ2n) is 4.97. The van der Waals surface area contributed by atoms with Crippen LogP contribution in [-0.4, -0.2) is 10.1 Å². The van der Waals surface area contributed by atoms with Gasteiger partial charge in [0.2, 0.25) is 0 Å². The monoisotopic (exact) mass is 285 g/mol. The first-order valence-electron chi connectivity index (χ1n) is 6.55. The van der Waals surface area contributed by atoms with Crippen molar-refractivity contribution >= 4 is 10.9 Å². The zero-order chi connectivity index (χ0) is 15.0. The molecule has 2 aromatic carbocycles. The minimum absolute atomic E-state index is 0.0746. The molecule has 0 aliphatic rings.